The Hall–Kier alpha value is -0.900. The van der Waals surface area contributed by atoms with E-state index in [1.807, 2.05) is 13.8 Å². The van der Waals surface area contributed by atoms with E-state index in [1.165, 1.54) is 64.2 Å². The molecule has 0 heterocycles. The van der Waals surface area contributed by atoms with Gasteiger partial charge < -0.3 is 10.5 Å². The number of ether oxygens (including phenoxy) is 1. The molecule has 0 aliphatic heterocycles. The first-order chi connectivity index (χ1) is 12.1. The Bertz CT molecular complexity index is 319. The Morgan fingerprint density at radius 3 is 1.96 bits per heavy atom. The molecule has 2 rings (SSSR count). The van der Waals surface area contributed by atoms with Crippen molar-refractivity contribution in [3.05, 3.63) is 0 Å². The van der Waals surface area contributed by atoms with Gasteiger partial charge in [0.25, 0.3) is 0 Å². The van der Waals surface area contributed by atoms with Crippen molar-refractivity contribution in [2.75, 3.05) is 6.61 Å². The zero-order valence-electron chi connectivity index (χ0n) is 16.8. The van der Waals surface area contributed by atoms with Gasteiger partial charge in [-0.15, -0.1) is 0 Å². The minimum absolute atomic E-state index is 0.248. The number of nitrogens with two attached hydrogens (primary N) is 1. The van der Waals surface area contributed by atoms with Crippen molar-refractivity contribution in [3.63, 3.8) is 0 Å². The predicted molar refractivity (Wildman–Crippen MR) is 104 cm³/mol. The molecule has 4 nitrogen and oxygen atoms in total. The van der Waals surface area contributed by atoms with E-state index in [2.05, 4.69) is 12.7 Å². The minimum atomic E-state index is 0.248. The number of carbonyl (C=O) groups is 2. The van der Waals surface area contributed by atoms with Crippen LogP contribution in [0.1, 0.15) is 97.8 Å². The highest BCUT2D eigenvalue weighted by molar-refractivity contribution is 5.82. The molecule has 2 N–H and O–H groups in total. The largest absolute Gasteiger partial charge is 0.378 e. The van der Waals surface area contributed by atoms with Gasteiger partial charge in [-0.3, -0.25) is 9.59 Å². The number of rotatable bonds is 6. The molecule has 0 unspecified atom stereocenters. The van der Waals surface area contributed by atoms with Crippen molar-refractivity contribution in [1.82, 2.24) is 0 Å². The summed E-state index contributed by atoms with van der Waals surface area (Å²) in [4.78, 5) is 20.1. The van der Waals surface area contributed by atoms with Crippen LogP contribution in [-0.2, 0) is 14.3 Å². The van der Waals surface area contributed by atoms with Crippen molar-refractivity contribution in [3.8, 4) is 0 Å². The van der Waals surface area contributed by atoms with Crippen LogP contribution in [-0.4, -0.2) is 24.9 Å². The average Bonchev–Trinajstić information content (AvgIpc) is 2.64. The molecule has 0 radical (unpaired) electrons. The van der Waals surface area contributed by atoms with E-state index in [-0.39, 0.29) is 12.3 Å². The van der Waals surface area contributed by atoms with Crippen LogP contribution in [0, 0.1) is 11.8 Å². The lowest BCUT2D eigenvalue weighted by molar-refractivity contribution is -0.126. The number of hydrogen-bond acceptors (Lipinski definition) is 3. The van der Waals surface area contributed by atoms with Gasteiger partial charge in [0.2, 0.25) is 6.41 Å². The highest BCUT2D eigenvalue weighted by atomic mass is 16.5. The summed E-state index contributed by atoms with van der Waals surface area (Å²) in [5.74, 6) is 1.14. The summed E-state index contributed by atoms with van der Waals surface area (Å²) in [6.45, 7) is 7.22. The fourth-order valence-electron chi connectivity index (χ4n) is 3.48. The monoisotopic (exact) mass is 355 g/mol. The Labute approximate surface area is 155 Å². The fourth-order valence-corrected chi connectivity index (χ4v) is 3.48. The van der Waals surface area contributed by atoms with Crippen LogP contribution in [0.5, 0.6) is 0 Å². The van der Waals surface area contributed by atoms with Crippen molar-refractivity contribution < 1.29 is 14.3 Å². The number of primary amides is 1. The van der Waals surface area contributed by atoms with Gasteiger partial charge in [-0.05, 0) is 32.1 Å². The molecular weight excluding hydrogens is 314 g/mol. The van der Waals surface area contributed by atoms with E-state index in [0.29, 0.717) is 17.8 Å². The lowest BCUT2D eigenvalue weighted by atomic mass is 9.83. The van der Waals surface area contributed by atoms with E-state index >= 15 is 0 Å². The minimum Gasteiger partial charge on any atom is -0.378 e. The molecule has 0 aromatic heterocycles. The van der Waals surface area contributed by atoms with E-state index in [9.17, 15) is 4.79 Å². The first-order valence-corrected chi connectivity index (χ1v) is 10.4. The van der Waals surface area contributed by atoms with Gasteiger partial charge in [0.1, 0.15) is 5.78 Å². The molecule has 2 aliphatic rings. The molecule has 0 atom stereocenters. The predicted octanol–water partition coefficient (Wildman–Crippen LogP) is 5.03. The number of Topliss-reactive ketones (excluding diaryl/α,β-unsaturated/α-hetero) is 1. The number of carbonyl (C=O) groups excluding carboxylic acids is 2. The number of amides is 1. The summed E-state index contributed by atoms with van der Waals surface area (Å²) in [6, 6.07) is 0. The normalized spacial score (nSPS) is 18.6. The summed E-state index contributed by atoms with van der Waals surface area (Å²) in [5, 5.41) is 0. The molecule has 0 aromatic rings. The molecule has 2 aliphatic carbocycles. The zero-order chi connectivity index (χ0) is 18.9. The second-order valence-corrected chi connectivity index (χ2v) is 7.51. The molecule has 2 saturated carbocycles. The second kappa shape index (κ2) is 16.6. The summed E-state index contributed by atoms with van der Waals surface area (Å²) in [7, 11) is 0. The first kappa shape index (κ1) is 24.1. The van der Waals surface area contributed by atoms with E-state index in [1.54, 1.807) is 0 Å². The molecule has 2 fully saturated rings. The maximum absolute atomic E-state index is 11.5. The van der Waals surface area contributed by atoms with Crippen LogP contribution >= 0.6 is 0 Å². The highest BCUT2D eigenvalue weighted by Crippen LogP contribution is 2.26. The van der Waals surface area contributed by atoms with Gasteiger partial charge in [-0.1, -0.05) is 65.7 Å². The maximum atomic E-state index is 11.5. The van der Waals surface area contributed by atoms with Gasteiger partial charge >= 0.3 is 0 Å². The fraction of sp³-hybridized carbons (Fsp3) is 0.905. The van der Waals surface area contributed by atoms with Gasteiger partial charge in [-0.2, -0.15) is 0 Å². The molecule has 0 spiro atoms. The zero-order valence-corrected chi connectivity index (χ0v) is 16.8. The smallest absolute Gasteiger partial charge is 0.204 e. The summed E-state index contributed by atoms with van der Waals surface area (Å²) in [6.07, 6.45) is 16.3. The van der Waals surface area contributed by atoms with Crippen LogP contribution in [0.4, 0.5) is 0 Å². The molecular formula is C21H41NO3. The Morgan fingerprint density at radius 2 is 1.52 bits per heavy atom. The van der Waals surface area contributed by atoms with E-state index in [4.69, 9.17) is 9.53 Å². The average molecular weight is 356 g/mol. The van der Waals surface area contributed by atoms with Gasteiger partial charge in [-0.25, -0.2) is 0 Å². The van der Waals surface area contributed by atoms with E-state index in [0.717, 1.165) is 19.4 Å². The van der Waals surface area contributed by atoms with Crippen molar-refractivity contribution >= 4 is 12.2 Å². The number of unbranched alkanes of at least 4 members (excludes halogenated alkanes) is 1. The van der Waals surface area contributed by atoms with E-state index < -0.39 is 0 Å². The SMILES string of the molecule is CC(C)C(=O)C1CCCCC1.CCCCOC1CCCCC1.NC=O. The molecule has 148 valence electrons. The first-order valence-electron chi connectivity index (χ1n) is 10.4. The second-order valence-electron chi connectivity index (χ2n) is 7.51. The number of hydrogen-bond donors (Lipinski definition) is 1. The van der Waals surface area contributed by atoms with Crippen molar-refractivity contribution in [1.29, 1.82) is 0 Å². The third kappa shape index (κ3) is 13.0. The lowest BCUT2D eigenvalue weighted by Gasteiger charge is -2.21. The quantitative estimate of drug-likeness (QED) is 0.536. The maximum Gasteiger partial charge on any atom is 0.204 e. The topological polar surface area (TPSA) is 69.4 Å². The Balaban J connectivity index is 0.000000399. The summed E-state index contributed by atoms with van der Waals surface area (Å²) >= 11 is 0. The van der Waals surface area contributed by atoms with Crippen LogP contribution < -0.4 is 5.73 Å². The molecule has 0 bridgehead atoms. The molecule has 0 saturated heterocycles. The van der Waals surface area contributed by atoms with Crippen LogP contribution in [0.2, 0.25) is 0 Å². The summed E-state index contributed by atoms with van der Waals surface area (Å²) < 4.78 is 5.72. The third-order valence-corrected chi connectivity index (χ3v) is 4.98. The van der Waals surface area contributed by atoms with Gasteiger partial charge in [0.05, 0.1) is 6.10 Å². The lowest BCUT2D eigenvalue weighted by Crippen LogP contribution is -2.21. The number of ketones is 1. The summed E-state index contributed by atoms with van der Waals surface area (Å²) in [5.41, 5.74) is 4.17. The van der Waals surface area contributed by atoms with Crippen LogP contribution in [0.25, 0.3) is 0 Å². The molecule has 0 aromatic carbocycles. The molecule has 4 heteroatoms. The van der Waals surface area contributed by atoms with Crippen LogP contribution in [0.15, 0.2) is 0 Å². The third-order valence-electron chi connectivity index (χ3n) is 4.98. The Morgan fingerprint density at radius 1 is 1.04 bits per heavy atom. The standard InChI is InChI=1S/C10H18O.C10H20O.CH3NO/c1-8(2)10(11)9-6-4-3-5-7-9;1-2-3-9-11-10-7-5-4-6-8-10;2-1-3/h8-9H,3-7H2,1-2H3;10H,2-9H2,1H3;1H,(H2,2,3). The molecule has 25 heavy (non-hydrogen) atoms. The van der Waals surface area contributed by atoms with Gasteiger partial charge in [0, 0.05) is 18.4 Å². The Kier molecular flexibility index (Phi) is 16.0. The van der Waals surface area contributed by atoms with Crippen molar-refractivity contribution in [2.45, 2.75) is 104 Å². The van der Waals surface area contributed by atoms with Crippen molar-refractivity contribution in [2.24, 2.45) is 17.6 Å². The van der Waals surface area contributed by atoms with Gasteiger partial charge in [0.15, 0.2) is 0 Å². The highest BCUT2D eigenvalue weighted by Gasteiger charge is 2.22. The molecule has 1 amide bonds. The van der Waals surface area contributed by atoms with Crippen LogP contribution in [0.3, 0.4) is 0 Å².